The maximum absolute atomic E-state index is 3.74. The van der Waals surface area contributed by atoms with Crippen LogP contribution in [-0.4, -0.2) is 7.05 Å². The first-order chi connectivity index (χ1) is 4.22. The molecule has 0 aliphatic carbocycles. The predicted octanol–water partition coefficient (Wildman–Crippen LogP) is 2.11. The van der Waals surface area contributed by atoms with E-state index in [-0.39, 0.29) is 0 Å². The quantitative estimate of drug-likeness (QED) is 0.602. The van der Waals surface area contributed by atoms with E-state index >= 15 is 0 Å². The molecule has 2 heteroatoms. The van der Waals surface area contributed by atoms with Gasteiger partial charge in [-0.3, -0.25) is 0 Å². The third-order valence-electron chi connectivity index (χ3n) is 0.864. The van der Waals surface area contributed by atoms with Crippen LogP contribution in [0.3, 0.4) is 0 Å². The molecule has 9 heavy (non-hydrogen) atoms. The minimum atomic E-state index is 0.847. The van der Waals surface area contributed by atoms with E-state index in [2.05, 4.69) is 25.1 Å². The van der Waals surface area contributed by atoms with E-state index in [1.54, 1.807) is 5.41 Å². The van der Waals surface area contributed by atoms with Crippen LogP contribution < -0.4 is 5.32 Å². The van der Waals surface area contributed by atoms with E-state index in [1.165, 1.54) is 11.8 Å². The van der Waals surface area contributed by atoms with Crippen molar-refractivity contribution in [2.75, 3.05) is 7.05 Å². The number of hydrogen-bond acceptors (Lipinski definition) is 2. The fourth-order valence-electron chi connectivity index (χ4n) is 0.311. The lowest BCUT2D eigenvalue weighted by Gasteiger charge is -2.03. The van der Waals surface area contributed by atoms with Gasteiger partial charge in [0.05, 0.1) is 0 Å². The normalized spacial score (nSPS) is 8.11. The largest absolute Gasteiger partial charge is 0.388 e. The summed E-state index contributed by atoms with van der Waals surface area (Å²) >= 11 is 1.47. The SMILES string of the molecule is C=CSC(=C)C(=C)NC. The Labute approximate surface area is 60.5 Å². The molecule has 1 nitrogen and oxygen atoms in total. The van der Waals surface area contributed by atoms with Gasteiger partial charge in [0.15, 0.2) is 0 Å². The maximum atomic E-state index is 3.74. The number of thioether (sulfide) groups is 1. The molecular formula is C7H11NS. The Balaban J connectivity index is 3.73. The van der Waals surface area contributed by atoms with Crippen molar-refractivity contribution in [3.63, 3.8) is 0 Å². The Bertz CT molecular complexity index is 138. The summed E-state index contributed by atoms with van der Waals surface area (Å²) in [5.74, 6) is 0. The first-order valence-electron chi connectivity index (χ1n) is 2.56. The molecule has 0 rings (SSSR count). The van der Waals surface area contributed by atoms with Gasteiger partial charge in [-0.1, -0.05) is 31.5 Å². The second kappa shape index (κ2) is 4.27. The standard InChI is InChI=1S/C7H11NS/c1-5-9-7(3)6(2)8-4/h5,8H,1-3H2,4H3. The Morgan fingerprint density at radius 2 is 2.11 bits per heavy atom. The number of hydrogen-bond donors (Lipinski definition) is 1. The van der Waals surface area contributed by atoms with E-state index in [0.29, 0.717) is 0 Å². The van der Waals surface area contributed by atoms with Gasteiger partial charge < -0.3 is 5.32 Å². The van der Waals surface area contributed by atoms with Gasteiger partial charge in [0.25, 0.3) is 0 Å². The molecule has 0 spiro atoms. The average molecular weight is 141 g/mol. The monoisotopic (exact) mass is 141 g/mol. The summed E-state index contributed by atoms with van der Waals surface area (Å²) in [5.41, 5.74) is 0.847. The molecule has 0 unspecified atom stereocenters. The first kappa shape index (κ1) is 8.37. The maximum Gasteiger partial charge on any atom is 0.0400 e. The van der Waals surface area contributed by atoms with Gasteiger partial charge >= 0.3 is 0 Å². The molecule has 0 radical (unpaired) electrons. The van der Waals surface area contributed by atoms with Crippen molar-refractivity contribution in [1.29, 1.82) is 0 Å². The summed E-state index contributed by atoms with van der Waals surface area (Å²) in [7, 11) is 1.82. The Morgan fingerprint density at radius 3 is 2.44 bits per heavy atom. The lowest BCUT2D eigenvalue weighted by atomic mass is 10.5. The van der Waals surface area contributed by atoms with Crippen LogP contribution in [0.25, 0.3) is 0 Å². The van der Waals surface area contributed by atoms with Crippen molar-refractivity contribution in [2.45, 2.75) is 0 Å². The molecule has 0 atom stereocenters. The smallest absolute Gasteiger partial charge is 0.0400 e. The molecule has 0 aliphatic heterocycles. The van der Waals surface area contributed by atoms with Crippen LogP contribution in [0, 0.1) is 0 Å². The molecule has 0 fully saturated rings. The van der Waals surface area contributed by atoms with Crippen LogP contribution in [-0.2, 0) is 0 Å². The van der Waals surface area contributed by atoms with Gasteiger partial charge in [0, 0.05) is 17.6 Å². The molecule has 50 valence electrons. The molecule has 0 aliphatic rings. The molecule has 0 heterocycles. The lowest BCUT2D eigenvalue weighted by Crippen LogP contribution is -2.03. The molecule has 0 aromatic heterocycles. The summed E-state index contributed by atoms with van der Waals surface area (Å²) in [6.45, 7) is 11.0. The minimum absolute atomic E-state index is 0.847. The Hall–Kier alpha value is -0.630. The van der Waals surface area contributed by atoms with E-state index in [1.807, 2.05) is 7.05 Å². The van der Waals surface area contributed by atoms with Crippen LogP contribution >= 0.6 is 11.8 Å². The number of nitrogens with one attached hydrogen (secondary N) is 1. The highest BCUT2D eigenvalue weighted by Crippen LogP contribution is 2.18. The van der Waals surface area contributed by atoms with Crippen molar-refractivity contribution >= 4 is 11.8 Å². The lowest BCUT2D eigenvalue weighted by molar-refractivity contribution is 1.04. The van der Waals surface area contributed by atoms with E-state index in [9.17, 15) is 0 Å². The van der Waals surface area contributed by atoms with Crippen molar-refractivity contribution in [2.24, 2.45) is 0 Å². The topological polar surface area (TPSA) is 12.0 Å². The molecule has 0 saturated heterocycles. The molecule has 0 saturated carbocycles. The highest BCUT2D eigenvalue weighted by atomic mass is 32.2. The summed E-state index contributed by atoms with van der Waals surface area (Å²) < 4.78 is 0. The van der Waals surface area contributed by atoms with Crippen molar-refractivity contribution in [1.82, 2.24) is 5.32 Å². The van der Waals surface area contributed by atoms with Crippen molar-refractivity contribution < 1.29 is 0 Å². The van der Waals surface area contributed by atoms with Gasteiger partial charge in [0.2, 0.25) is 0 Å². The molecule has 0 amide bonds. The van der Waals surface area contributed by atoms with Crippen molar-refractivity contribution in [3.8, 4) is 0 Å². The highest BCUT2D eigenvalue weighted by Gasteiger charge is 1.92. The average Bonchev–Trinajstić information content (AvgIpc) is 1.87. The summed E-state index contributed by atoms with van der Waals surface area (Å²) in [6, 6.07) is 0. The molecule has 0 bridgehead atoms. The highest BCUT2D eigenvalue weighted by molar-refractivity contribution is 8.06. The molecule has 0 aromatic rings. The molecular weight excluding hydrogens is 130 g/mol. The third kappa shape index (κ3) is 3.03. The zero-order valence-electron chi connectivity index (χ0n) is 5.61. The van der Waals surface area contributed by atoms with E-state index < -0.39 is 0 Å². The van der Waals surface area contributed by atoms with Crippen LogP contribution in [0.2, 0.25) is 0 Å². The predicted molar refractivity (Wildman–Crippen MR) is 45.1 cm³/mol. The minimum Gasteiger partial charge on any atom is -0.388 e. The van der Waals surface area contributed by atoms with Gasteiger partial charge in [-0.15, -0.1) is 0 Å². The Morgan fingerprint density at radius 1 is 1.56 bits per heavy atom. The summed E-state index contributed by atoms with van der Waals surface area (Å²) in [6.07, 6.45) is 0. The summed E-state index contributed by atoms with van der Waals surface area (Å²) in [4.78, 5) is 0.910. The van der Waals surface area contributed by atoms with Gasteiger partial charge in [-0.05, 0) is 5.41 Å². The van der Waals surface area contributed by atoms with Gasteiger partial charge in [-0.2, -0.15) is 0 Å². The Kier molecular flexibility index (Phi) is 3.97. The second-order valence-corrected chi connectivity index (χ2v) is 2.50. The van der Waals surface area contributed by atoms with Crippen LogP contribution in [0.15, 0.2) is 35.7 Å². The molecule has 1 N–H and O–H groups in total. The van der Waals surface area contributed by atoms with Crippen LogP contribution in [0.5, 0.6) is 0 Å². The second-order valence-electron chi connectivity index (χ2n) is 1.44. The van der Waals surface area contributed by atoms with Gasteiger partial charge in [-0.25, -0.2) is 0 Å². The van der Waals surface area contributed by atoms with Gasteiger partial charge in [0.1, 0.15) is 0 Å². The van der Waals surface area contributed by atoms with E-state index in [4.69, 9.17) is 0 Å². The first-order valence-corrected chi connectivity index (χ1v) is 3.43. The fourth-order valence-corrected chi connectivity index (χ4v) is 0.757. The van der Waals surface area contributed by atoms with Crippen molar-refractivity contribution in [3.05, 3.63) is 35.7 Å². The van der Waals surface area contributed by atoms with Crippen LogP contribution in [0.4, 0.5) is 0 Å². The van der Waals surface area contributed by atoms with Crippen LogP contribution in [0.1, 0.15) is 0 Å². The van der Waals surface area contributed by atoms with E-state index in [0.717, 1.165) is 10.6 Å². The zero-order valence-corrected chi connectivity index (χ0v) is 6.42. The summed E-state index contributed by atoms with van der Waals surface area (Å²) in [5, 5.41) is 4.61. The molecule has 0 aromatic carbocycles. The third-order valence-corrected chi connectivity index (χ3v) is 1.56. The fraction of sp³-hybridized carbons (Fsp3) is 0.143. The number of rotatable bonds is 4. The zero-order chi connectivity index (χ0) is 7.28. The number of likely N-dealkylation sites (N-methyl/N-ethyl adjacent to an activating group) is 1.